The fourth-order valence-electron chi connectivity index (χ4n) is 4.26. The van der Waals surface area contributed by atoms with E-state index in [-0.39, 0.29) is 11.0 Å². The summed E-state index contributed by atoms with van der Waals surface area (Å²) in [4.78, 5) is 4.07. The number of hydrogen-bond acceptors (Lipinski definition) is 3. The van der Waals surface area contributed by atoms with Crippen molar-refractivity contribution in [2.75, 3.05) is 6.61 Å². The van der Waals surface area contributed by atoms with Crippen LogP contribution in [0.5, 0.6) is 0 Å². The van der Waals surface area contributed by atoms with E-state index in [0.29, 0.717) is 5.92 Å². The normalized spacial score (nSPS) is 33.5. The van der Waals surface area contributed by atoms with Gasteiger partial charge >= 0.3 is 0 Å². The van der Waals surface area contributed by atoms with E-state index in [1.165, 1.54) is 18.4 Å². The van der Waals surface area contributed by atoms with Crippen molar-refractivity contribution in [2.24, 2.45) is 11.3 Å². The largest absolute Gasteiger partial charge is 0.371 e. The molecule has 0 amide bonds. The zero-order valence-corrected chi connectivity index (χ0v) is 13.5. The topological polar surface area (TPSA) is 39.9 Å². The number of aromatic nitrogens is 3. The van der Waals surface area contributed by atoms with Gasteiger partial charge in [0, 0.05) is 10.4 Å². The second-order valence-electron chi connectivity index (χ2n) is 6.90. The minimum atomic E-state index is -0.122. The Kier molecular flexibility index (Phi) is 3.27. The van der Waals surface area contributed by atoms with Crippen LogP contribution in [-0.2, 0) is 17.7 Å². The monoisotopic (exact) mass is 317 g/mol. The van der Waals surface area contributed by atoms with Crippen molar-refractivity contribution in [3.8, 4) is 0 Å². The molecule has 3 unspecified atom stereocenters. The van der Waals surface area contributed by atoms with Crippen LogP contribution in [0.25, 0.3) is 0 Å². The Bertz CT molecular complexity index is 674. The number of benzene rings is 1. The molecule has 0 bridgehead atoms. The van der Waals surface area contributed by atoms with Crippen LogP contribution in [0, 0.1) is 11.3 Å². The summed E-state index contributed by atoms with van der Waals surface area (Å²) >= 11 is 6.13. The molecule has 5 heteroatoms. The molecule has 4 nitrogen and oxygen atoms in total. The molecule has 2 aliphatic rings. The standard InChI is InChI=1S/C17H20ClN3O/c1-16-6-5-14(7-13-3-2-4-15(18)8-13)17(16,22-10-16)9-21-12-19-11-20-21/h2-4,8,11-12,14H,5-7,9-10H2,1H3. The van der Waals surface area contributed by atoms with Gasteiger partial charge in [-0.15, -0.1) is 0 Å². The molecule has 2 fully saturated rings. The predicted octanol–water partition coefficient (Wildman–Crippen LogP) is 3.36. The van der Waals surface area contributed by atoms with E-state index in [4.69, 9.17) is 16.3 Å². The lowest BCUT2D eigenvalue weighted by Crippen LogP contribution is -2.63. The SMILES string of the molecule is CC12CCC(Cc3cccc(Cl)c3)C1(Cn1cncn1)OC2. The van der Waals surface area contributed by atoms with Gasteiger partial charge in [-0.1, -0.05) is 30.7 Å². The molecule has 22 heavy (non-hydrogen) atoms. The van der Waals surface area contributed by atoms with E-state index in [1.807, 2.05) is 16.8 Å². The Morgan fingerprint density at radius 1 is 1.45 bits per heavy atom. The van der Waals surface area contributed by atoms with E-state index in [0.717, 1.165) is 24.6 Å². The third-order valence-corrected chi connectivity index (χ3v) is 5.84. The Balaban J connectivity index is 1.61. The van der Waals surface area contributed by atoms with Gasteiger partial charge in [0.1, 0.15) is 12.7 Å². The van der Waals surface area contributed by atoms with Gasteiger partial charge in [0.2, 0.25) is 0 Å². The third-order valence-electron chi connectivity index (χ3n) is 5.61. The maximum absolute atomic E-state index is 6.21. The lowest BCUT2D eigenvalue weighted by atomic mass is 9.67. The van der Waals surface area contributed by atoms with Crippen molar-refractivity contribution < 1.29 is 4.74 Å². The molecule has 1 aromatic carbocycles. The van der Waals surface area contributed by atoms with Crippen LogP contribution in [0.4, 0.5) is 0 Å². The maximum Gasteiger partial charge on any atom is 0.137 e. The van der Waals surface area contributed by atoms with Crippen molar-refractivity contribution >= 4 is 11.6 Å². The van der Waals surface area contributed by atoms with Gasteiger partial charge in [0.25, 0.3) is 0 Å². The number of nitrogens with zero attached hydrogens (tertiary/aromatic N) is 3. The summed E-state index contributed by atoms with van der Waals surface area (Å²) in [6, 6.07) is 8.18. The van der Waals surface area contributed by atoms with Gasteiger partial charge in [0.05, 0.1) is 18.8 Å². The molecule has 1 aliphatic carbocycles. The van der Waals surface area contributed by atoms with E-state index in [2.05, 4.69) is 29.1 Å². The Morgan fingerprint density at radius 3 is 3.05 bits per heavy atom. The first-order chi connectivity index (χ1) is 10.6. The quantitative estimate of drug-likeness (QED) is 0.868. The number of rotatable bonds is 4. The molecule has 116 valence electrons. The number of hydrogen-bond donors (Lipinski definition) is 0. The molecule has 2 aromatic rings. The van der Waals surface area contributed by atoms with Crippen LogP contribution in [0.3, 0.4) is 0 Å². The van der Waals surface area contributed by atoms with Crippen LogP contribution < -0.4 is 0 Å². The zero-order valence-electron chi connectivity index (χ0n) is 12.7. The minimum absolute atomic E-state index is 0.122. The summed E-state index contributed by atoms with van der Waals surface area (Å²) in [5.41, 5.74) is 1.42. The van der Waals surface area contributed by atoms with E-state index < -0.39 is 0 Å². The van der Waals surface area contributed by atoms with Crippen molar-refractivity contribution in [1.29, 1.82) is 0 Å². The summed E-state index contributed by atoms with van der Waals surface area (Å²) < 4.78 is 8.12. The lowest BCUT2D eigenvalue weighted by molar-refractivity contribution is -0.268. The Hall–Kier alpha value is -1.39. The third kappa shape index (κ3) is 2.09. The summed E-state index contributed by atoms with van der Waals surface area (Å²) in [5, 5.41) is 5.09. The second kappa shape index (κ2) is 5.07. The molecule has 0 spiro atoms. The fourth-order valence-corrected chi connectivity index (χ4v) is 4.47. The number of halogens is 1. The molecule has 1 saturated carbocycles. The van der Waals surface area contributed by atoms with E-state index >= 15 is 0 Å². The van der Waals surface area contributed by atoms with Gasteiger partial charge in [-0.2, -0.15) is 5.10 Å². The fraction of sp³-hybridized carbons (Fsp3) is 0.529. The summed E-state index contributed by atoms with van der Waals surface area (Å²) in [6.45, 7) is 3.99. The first kappa shape index (κ1) is 14.2. The van der Waals surface area contributed by atoms with Crippen LogP contribution >= 0.6 is 11.6 Å². The van der Waals surface area contributed by atoms with Crippen LogP contribution in [0.15, 0.2) is 36.9 Å². The molecule has 1 aromatic heterocycles. The van der Waals surface area contributed by atoms with Crippen molar-refractivity contribution in [2.45, 2.75) is 38.3 Å². The lowest BCUT2D eigenvalue weighted by Gasteiger charge is -2.56. The highest BCUT2D eigenvalue weighted by atomic mass is 35.5. The average Bonchev–Trinajstić information content (AvgIpc) is 3.05. The molecule has 2 heterocycles. The highest BCUT2D eigenvalue weighted by molar-refractivity contribution is 6.30. The molecule has 4 rings (SSSR count). The zero-order chi connectivity index (χ0) is 15.2. The number of fused-ring (bicyclic) bond motifs is 1. The van der Waals surface area contributed by atoms with Gasteiger partial charge in [-0.25, -0.2) is 4.98 Å². The second-order valence-corrected chi connectivity index (χ2v) is 7.34. The average molecular weight is 318 g/mol. The van der Waals surface area contributed by atoms with Gasteiger partial charge < -0.3 is 4.74 Å². The van der Waals surface area contributed by atoms with Crippen molar-refractivity contribution in [3.63, 3.8) is 0 Å². The van der Waals surface area contributed by atoms with Crippen LogP contribution in [0.1, 0.15) is 25.3 Å². The van der Waals surface area contributed by atoms with Gasteiger partial charge in [-0.05, 0) is 42.9 Å². The number of ether oxygens (including phenoxy) is 1. The van der Waals surface area contributed by atoms with Crippen molar-refractivity contribution in [3.05, 3.63) is 47.5 Å². The predicted molar refractivity (Wildman–Crippen MR) is 84.7 cm³/mol. The van der Waals surface area contributed by atoms with E-state index in [9.17, 15) is 0 Å². The molecule has 1 saturated heterocycles. The molecule has 1 aliphatic heterocycles. The summed E-state index contributed by atoms with van der Waals surface area (Å²) in [7, 11) is 0. The van der Waals surface area contributed by atoms with Gasteiger partial charge in [0.15, 0.2) is 0 Å². The highest BCUT2D eigenvalue weighted by Gasteiger charge is 2.65. The maximum atomic E-state index is 6.21. The summed E-state index contributed by atoms with van der Waals surface area (Å²) in [5.74, 6) is 0.494. The van der Waals surface area contributed by atoms with Crippen molar-refractivity contribution in [1.82, 2.24) is 14.8 Å². The van der Waals surface area contributed by atoms with E-state index in [1.54, 1.807) is 12.7 Å². The molecule has 0 N–H and O–H groups in total. The molecular formula is C17H20ClN3O. The van der Waals surface area contributed by atoms with Crippen LogP contribution in [0.2, 0.25) is 5.02 Å². The van der Waals surface area contributed by atoms with Crippen LogP contribution in [-0.4, -0.2) is 27.0 Å². The molecule has 3 atom stereocenters. The molecular weight excluding hydrogens is 298 g/mol. The smallest absolute Gasteiger partial charge is 0.137 e. The highest BCUT2D eigenvalue weighted by Crippen LogP contribution is 2.60. The Morgan fingerprint density at radius 2 is 2.36 bits per heavy atom. The van der Waals surface area contributed by atoms with Gasteiger partial charge in [-0.3, -0.25) is 4.68 Å². The molecule has 0 radical (unpaired) electrons. The first-order valence-electron chi connectivity index (χ1n) is 7.82. The first-order valence-corrected chi connectivity index (χ1v) is 8.20. The minimum Gasteiger partial charge on any atom is -0.371 e. The summed E-state index contributed by atoms with van der Waals surface area (Å²) in [6.07, 6.45) is 6.79. The Labute approximate surface area is 135 Å².